The minimum atomic E-state index is -0.162. The molecule has 0 radical (unpaired) electrons. The second kappa shape index (κ2) is 6.38. The van der Waals surface area contributed by atoms with Crippen LogP contribution in [0.1, 0.15) is 23.4 Å². The minimum Gasteiger partial charge on any atom is -0.392 e. The van der Waals surface area contributed by atoms with E-state index in [1.165, 1.54) is 4.68 Å². The molecule has 3 heterocycles. The number of hydrogen-bond donors (Lipinski definition) is 1. The summed E-state index contributed by atoms with van der Waals surface area (Å²) in [5.74, 6) is 0.579. The topological polar surface area (TPSA) is 72.4 Å². The van der Waals surface area contributed by atoms with E-state index in [0.717, 1.165) is 34.4 Å². The van der Waals surface area contributed by atoms with Gasteiger partial charge in [0.25, 0.3) is 5.56 Å². The van der Waals surface area contributed by atoms with Crippen molar-refractivity contribution in [3.8, 4) is 5.69 Å². The number of aliphatic imine (C=N–C) groups is 1. The number of nitrogens with zero attached hydrogens (tertiary/aromatic N) is 4. The van der Waals surface area contributed by atoms with Crippen LogP contribution in [0.2, 0.25) is 0 Å². The summed E-state index contributed by atoms with van der Waals surface area (Å²) >= 11 is 0. The molecule has 0 bridgehead atoms. The first-order chi connectivity index (χ1) is 12.6. The van der Waals surface area contributed by atoms with E-state index < -0.39 is 0 Å². The highest BCUT2D eigenvalue weighted by Crippen LogP contribution is 2.26. The first-order valence-corrected chi connectivity index (χ1v) is 8.63. The summed E-state index contributed by atoms with van der Waals surface area (Å²) in [7, 11) is 0. The lowest BCUT2D eigenvalue weighted by atomic mass is 10.2. The predicted molar refractivity (Wildman–Crippen MR) is 102 cm³/mol. The van der Waals surface area contributed by atoms with Crippen molar-refractivity contribution < 1.29 is 5.11 Å². The van der Waals surface area contributed by atoms with E-state index in [2.05, 4.69) is 10.1 Å². The number of aliphatic hydroxyl groups is 1. The molecule has 0 saturated heterocycles. The maximum atomic E-state index is 13.1. The van der Waals surface area contributed by atoms with Crippen molar-refractivity contribution in [3.63, 3.8) is 0 Å². The number of aromatic nitrogens is 3. The van der Waals surface area contributed by atoms with Gasteiger partial charge in [0, 0.05) is 29.0 Å². The van der Waals surface area contributed by atoms with Gasteiger partial charge in [-0.2, -0.15) is 9.78 Å². The largest absolute Gasteiger partial charge is 0.392 e. The third kappa shape index (κ3) is 2.50. The van der Waals surface area contributed by atoms with Gasteiger partial charge in [0.2, 0.25) is 0 Å². The van der Waals surface area contributed by atoms with Crippen LogP contribution in [0.4, 0.5) is 0 Å². The Balaban J connectivity index is 1.97. The van der Waals surface area contributed by atoms with E-state index >= 15 is 0 Å². The van der Waals surface area contributed by atoms with E-state index in [1.54, 1.807) is 6.20 Å². The highest BCUT2D eigenvalue weighted by Gasteiger charge is 2.18. The zero-order valence-electron chi connectivity index (χ0n) is 14.8. The van der Waals surface area contributed by atoms with Gasteiger partial charge in [-0.05, 0) is 44.0 Å². The van der Waals surface area contributed by atoms with Gasteiger partial charge in [-0.15, -0.1) is 0 Å². The molecule has 0 saturated carbocycles. The average Bonchev–Trinajstić information content (AvgIpc) is 2.94. The molecule has 1 aliphatic rings. The maximum Gasteiger partial charge on any atom is 0.282 e. The minimum absolute atomic E-state index is 0.0206. The van der Waals surface area contributed by atoms with E-state index in [-0.39, 0.29) is 12.2 Å². The summed E-state index contributed by atoms with van der Waals surface area (Å²) < 4.78 is 3.41. The number of benzene rings is 1. The van der Waals surface area contributed by atoms with Gasteiger partial charge in [-0.1, -0.05) is 18.2 Å². The molecule has 2 aromatic heterocycles. The Kier molecular flexibility index (Phi) is 4.05. The molecule has 3 aromatic rings. The number of allylic oxidation sites excluding steroid dienone is 1. The van der Waals surface area contributed by atoms with E-state index in [9.17, 15) is 9.90 Å². The molecule has 0 amide bonds. The van der Waals surface area contributed by atoms with Gasteiger partial charge in [0.15, 0.2) is 5.84 Å². The normalized spacial score (nSPS) is 14.0. The Morgan fingerprint density at radius 1 is 1.23 bits per heavy atom. The summed E-state index contributed by atoms with van der Waals surface area (Å²) in [6.07, 6.45) is 6.46. The summed E-state index contributed by atoms with van der Waals surface area (Å²) in [5.41, 5.74) is 3.39. The fraction of sp³-hybridized carbons (Fsp3) is 0.250. The third-order valence-corrected chi connectivity index (χ3v) is 4.81. The molecule has 4 rings (SSSR count). The van der Waals surface area contributed by atoms with Crippen molar-refractivity contribution in [2.24, 2.45) is 4.99 Å². The number of fused-ring (bicyclic) bond motifs is 1. The lowest BCUT2D eigenvalue weighted by Crippen LogP contribution is -2.29. The van der Waals surface area contributed by atoms with Crippen LogP contribution in [0.5, 0.6) is 0 Å². The standard InChI is InChI=1S/C20H20N4O2/c1-13-17-11-22-24(18-8-3-4-9-21-18)20(26)19(17)14(2)23(13)16-7-5-6-15(10-16)12-25/h3,5-8,10-11,25H,4,9,12H2,1-2H3. The zero-order valence-corrected chi connectivity index (χ0v) is 14.8. The maximum absolute atomic E-state index is 13.1. The average molecular weight is 348 g/mol. The highest BCUT2D eigenvalue weighted by molar-refractivity contribution is 5.97. The number of aryl methyl sites for hydroxylation is 2. The van der Waals surface area contributed by atoms with Crippen molar-refractivity contribution in [1.82, 2.24) is 14.3 Å². The Morgan fingerprint density at radius 2 is 2.08 bits per heavy atom. The molecule has 26 heavy (non-hydrogen) atoms. The first-order valence-electron chi connectivity index (χ1n) is 8.63. The van der Waals surface area contributed by atoms with Gasteiger partial charge >= 0.3 is 0 Å². The van der Waals surface area contributed by atoms with Crippen LogP contribution in [0, 0.1) is 13.8 Å². The van der Waals surface area contributed by atoms with Crippen molar-refractivity contribution in [2.45, 2.75) is 26.9 Å². The van der Waals surface area contributed by atoms with Gasteiger partial charge in [-0.25, -0.2) is 0 Å². The van der Waals surface area contributed by atoms with Crippen molar-refractivity contribution >= 4 is 16.6 Å². The van der Waals surface area contributed by atoms with Crippen molar-refractivity contribution in [2.75, 3.05) is 6.54 Å². The molecule has 1 aliphatic heterocycles. The zero-order chi connectivity index (χ0) is 18.3. The van der Waals surface area contributed by atoms with Crippen LogP contribution < -0.4 is 5.56 Å². The lowest BCUT2D eigenvalue weighted by molar-refractivity contribution is 0.282. The van der Waals surface area contributed by atoms with E-state index in [1.807, 2.05) is 54.8 Å². The Bertz CT molecular complexity index is 1120. The monoisotopic (exact) mass is 348 g/mol. The van der Waals surface area contributed by atoms with Crippen molar-refractivity contribution in [3.05, 3.63) is 69.9 Å². The summed E-state index contributed by atoms with van der Waals surface area (Å²) in [4.78, 5) is 17.5. The molecule has 6 heteroatoms. The second-order valence-electron chi connectivity index (χ2n) is 6.42. The van der Waals surface area contributed by atoms with Gasteiger partial charge < -0.3 is 9.67 Å². The van der Waals surface area contributed by atoms with Crippen molar-refractivity contribution in [1.29, 1.82) is 0 Å². The van der Waals surface area contributed by atoms with Crippen LogP contribution in [0.15, 0.2) is 52.4 Å². The smallest absolute Gasteiger partial charge is 0.282 e. The van der Waals surface area contributed by atoms with Crippen LogP contribution in [0.25, 0.3) is 16.5 Å². The van der Waals surface area contributed by atoms with E-state index in [0.29, 0.717) is 17.8 Å². The molecule has 0 atom stereocenters. The fourth-order valence-electron chi connectivity index (χ4n) is 3.54. The number of dihydropyridines is 1. The summed E-state index contributed by atoms with van der Waals surface area (Å²) in [5, 5.41) is 15.2. The Labute approximate surface area is 150 Å². The highest BCUT2D eigenvalue weighted by atomic mass is 16.3. The van der Waals surface area contributed by atoms with Crippen LogP contribution >= 0.6 is 0 Å². The summed E-state index contributed by atoms with van der Waals surface area (Å²) in [6.45, 7) is 4.56. The predicted octanol–water partition coefficient (Wildman–Crippen LogP) is 2.50. The Morgan fingerprint density at radius 3 is 2.81 bits per heavy atom. The number of aliphatic hydroxyl groups excluding tert-OH is 1. The number of hydrogen-bond acceptors (Lipinski definition) is 4. The third-order valence-electron chi connectivity index (χ3n) is 4.81. The van der Waals surface area contributed by atoms with Gasteiger partial charge in [0.1, 0.15) is 0 Å². The van der Waals surface area contributed by atoms with Crippen LogP contribution in [-0.2, 0) is 6.61 Å². The lowest BCUT2D eigenvalue weighted by Gasteiger charge is -2.10. The molecule has 0 spiro atoms. The molecule has 6 nitrogen and oxygen atoms in total. The molecule has 1 N–H and O–H groups in total. The fourth-order valence-corrected chi connectivity index (χ4v) is 3.54. The molecule has 0 aliphatic carbocycles. The number of rotatable bonds is 2. The Hall–Kier alpha value is -2.99. The first kappa shape index (κ1) is 16.5. The summed E-state index contributed by atoms with van der Waals surface area (Å²) in [6, 6.07) is 7.68. The van der Waals surface area contributed by atoms with Crippen LogP contribution in [0.3, 0.4) is 0 Å². The molecule has 0 fully saturated rings. The molecule has 132 valence electrons. The molecular weight excluding hydrogens is 328 g/mol. The van der Waals surface area contributed by atoms with Gasteiger partial charge in [-0.3, -0.25) is 9.79 Å². The van der Waals surface area contributed by atoms with E-state index in [4.69, 9.17) is 0 Å². The second-order valence-corrected chi connectivity index (χ2v) is 6.42. The quantitative estimate of drug-likeness (QED) is 0.773. The SMILES string of the molecule is Cc1c2cnn(C3=NCCC=C3)c(=O)c2c(C)n1-c1cccc(CO)c1. The molecular formula is C20H20N4O2. The van der Waals surface area contributed by atoms with Crippen LogP contribution in [-0.4, -0.2) is 31.8 Å². The molecule has 1 aromatic carbocycles. The molecule has 0 unspecified atom stereocenters. The van der Waals surface area contributed by atoms with Gasteiger partial charge in [0.05, 0.1) is 18.2 Å².